The first kappa shape index (κ1) is 18.2. The lowest BCUT2D eigenvalue weighted by atomic mass is 9.94. The fourth-order valence-electron chi connectivity index (χ4n) is 3.41. The van der Waals surface area contributed by atoms with Crippen molar-refractivity contribution in [2.75, 3.05) is 6.54 Å². The van der Waals surface area contributed by atoms with Crippen molar-refractivity contribution in [3.8, 4) is 11.3 Å². The molecular formula is C20H23Cl2N3. The predicted octanol–water partition coefficient (Wildman–Crippen LogP) is 5.81. The molecule has 5 heteroatoms. The molecule has 1 aliphatic heterocycles. The second kappa shape index (κ2) is 7.35. The van der Waals surface area contributed by atoms with Crippen LogP contribution in [0, 0.1) is 18.3 Å². The van der Waals surface area contributed by atoms with Gasteiger partial charge in [0.1, 0.15) is 11.0 Å². The van der Waals surface area contributed by atoms with Crippen LogP contribution in [-0.2, 0) is 0 Å². The van der Waals surface area contributed by atoms with Gasteiger partial charge in [0.25, 0.3) is 0 Å². The van der Waals surface area contributed by atoms with Crippen LogP contribution in [0.25, 0.3) is 11.3 Å². The van der Waals surface area contributed by atoms with Crippen molar-refractivity contribution in [2.45, 2.75) is 39.7 Å². The summed E-state index contributed by atoms with van der Waals surface area (Å²) in [5.74, 6) is 0.986. The average molecular weight is 376 g/mol. The first-order valence-electron chi connectivity index (χ1n) is 8.66. The lowest BCUT2D eigenvalue weighted by molar-refractivity contribution is 0.206. The molecule has 0 bridgehead atoms. The maximum Gasteiger partial charge on any atom is 0.140 e. The zero-order chi connectivity index (χ0) is 18.1. The largest absolute Gasteiger partial charge is 0.354 e. The summed E-state index contributed by atoms with van der Waals surface area (Å²) >= 11 is 13.0. The molecule has 3 nitrogen and oxygen atoms in total. The Labute approximate surface area is 159 Å². The summed E-state index contributed by atoms with van der Waals surface area (Å²) in [6.45, 7) is 7.27. The van der Waals surface area contributed by atoms with Crippen molar-refractivity contribution in [3.05, 3.63) is 51.6 Å². The Bertz CT molecular complexity index is 804. The number of amidine groups is 1. The summed E-state index contributed by atoms with van der Waals surface area (Å²) in [6, 6.07) is 10.1. The molecule has 0 radical (unpaired) electrons. The Hall–Kier alpha value is -1.58. The van der Waals surface area contributed by atoms with Crippen molar-refractivity contribution in [2.24, 2.45) is 5.92 Å². The van der Waals surface area contributed by atoms with E-state index < -0.39 is 0 Å². The number of hydrogen-bond acceptors (Lipinski definition) is 2. The van der Waals surface area contributed by atoms with Crippen LogP contribution in [0.5, 0.6) is 0 Å². The van der Waals surface area contributed by atoms with Gasteiger partial charge >= 0.3 is 0 Å². The molecule has 1 aromatic carbocycles. The van der Waals surface area contributed by atoms with E-state index >= 15 is 0 Å². The molecule has 0 amide bonds. The second-order valence-electron chi connectivity index (χ2n) is 7.00. The number of likely N-dealkylation sites (tertiary alicyclic amines) is 1. The lowest BCUT2D eigenvalue weighted by Crippen LogP contribution is -2.45. The van der Waals surface area contributed by atoms with E-state index in [1.807, 2.05) is 31.2 Å². The molecule has 2 atom stereocenters. The fourth-order valence-corrected chi connectivity index (χ4v) is 3.90. The van der Waals surface area contributed by atoms with Crippen molar-refractivity contribution in [1.29, 1.82) is 5.41 Å². The predicted molar refractivity (Wildman–Crippen MR) is 106 cm³/mol. The van der Waals surface area contributed by atoms with Crippen LogP contribution < -0.4 is 0 Å². The van der Waals surface area contributed by atoms with Crippen LogP contribution in [-0.4, -0.2) is 28.3 Å². The molecule has 1 saturated heterocycles. The molecule has 132 valence electrons. The number of hydrogen-bond donors (Lipinski definition) is 1. The Morgan fingerprint density at radius 1 is 1.20 bits per heavy atom. The number of pyridine rings is 1. The molecular weight excluding hydrogens is 353 g/mol. The van der Waals surface area contributed by atoms with E-state index in [9.17, 15) is 0 Å². The van der Waals surface area contributed by atoms with Crippen LogP contribution in [0.15, 0.2) is 30.3 Å². The van der Waals surface area contributed by atoms with E-state index in [-0.39, 0.29) is 0 Å². The van der Waals surface area contributed by atoms with Gasteiger partial charge in [-0.15, -0.1) is 0 Å². The highest BCUT2D eigenvalue weighted by atomic mass is 35.5. The van der Waals surface area contributed by atoms with E-state index in [0.717, 1.165) is 24.1 Å². The molecule has 1 aliphatic rings. The summed E-state index contributed by atoms with van der Waals surface area (Å²) in [6.07, 6.45) is 2.29. The Kier molecular flexibility index (Phi) is 5.35. The number of rotatable bonds is 2. The molecule has 1 fully saturated rings. The Balaban J connectivity index is 1.98. The normalized spacial score (nSPS) is 20.6. The number of aromatic nitrogens is 1. The third-order valence-electron chi connectivity index (χ3n) is 4.99. The maximum atomic E-state index is 8.64. The molecule has 3 rings (SSSR count). The van der Waals surface area contributed by atoms with Gasteiger partial charge in [-0.25, -0.2) is 4.98 Å². The van der Waals surface area contributed by atoms with Crippen LogP contribution in [0.1, 0.15) is 37.8 Å². The van der Waals surface area contributed by atoms with Gasteiger partial charge in [0.15, 0.2) is 0 Å². The van der Waals surface area contributed by atoms with E-state index in [1.165, 1.54) is 6.42 Å². The monoisotopic (exact) mass is 375 g/mol. The molecule has 2 heterocycles. The molecule has 0 unspecified atom stereocenters. The molecule has 2 aromatic rings. The highest BCUT2D eigenvalue weighted by molar-refractivity contribution is 6.36. The van der Waals surface area contributed by atoms with Crippen molar-refractivity contribution in [3.63, 3.8) is 0 Å². The van der Waals surface area contributed by atoms with Gasteiger partial charge in [0.2, 0.25) is 0 Å². The molecule has 1 N–H and O–H groups in total. The van der Waals surface area contributed by atoms with Crippen molar-refractivity contribution >= 4 is 29.0 Å². The van der Waals surface area contributed by atoms with Crippen molar-refractivity contribution < 1.29 is 0 Å². The summed E-state index contributed by atoms with van der Waals surface area (Å²) in [5, 5.41) is 9.50. The molecule has 25 heavy (non-hydrogen) atoms. The van der Waals surface area contributed by atoms with E-state index in [4.69, 9.17) is 28.6 Å². The Morgan fingerprint density at radius 2 is 1.92 bits per heavy atom. The lowest BCUT2D eigenvalue weighted by Gasteiger charge is -2.38. The number of aryl methyl sites for hydroxylation is 1. The minimum absolute atomic E-state index is 0.328. The second-order valence-corrected chi connectivity index (χ2v) is 7.77. The number of piperidine rings is 1. The minimum atomic E-state index is 0.328. The molecule has 0 saturated carbocycles. The zero-order valence-corrected chi connectivity index (χ0v) is 16.3. The standard InChI is InChI=1S/C20H23Cl2N3/c1-12-8-9-14(3)25(11-12)20(23)16-10-17(21)18(24-19(16)22)15-7-5-4-6-13(15)2/h4-7,10,12,14,23H,8-9,11H2,1-3H3/t12-,14-/m0/s1. The topological polar surface area (TPSA) is 40.0 Å². The fraction of sp³-hybridized carbons (Fsp3) is 0.400. The van der Waals surface area contributed by atoms with Crippen molar-refractivity contribution in [1.82, 2.24) is 9.88 Å². The quantitative estimate of drug-likeness (QED) is 0.408. The van der Waals surface area contributed by atoms with E-state index in [0.29, 0.717) is 39.2 Å². The SMILES string of the molecule is Cc1ccccc1-c1nc(Cl)c(C(=N)N2C[C@@H](C)CC[C@@H]2C)cc1Cl. The van der Waals surface area contributed by atoms with E-state index in [1.54, 1.807) is 6.07 Å². The zero-order valence-electron chi connectivity index (χ0n) is 14.8. The van der Waals surface area contributed by atoms with Gasteiger partial charge in [-0.2, -0.15) is 0 Å². The van der Waals surface area contributed by atoms with Crippen LogP contribution >= 0.6 is 23.2 Å². The van der Waals surface area contributed by atoms with Gasteiger partial charge in [-0.1, -0.05) is 54.4 Å². The minimum Gasteiger partial charge on any atom is -0.354 e. The average Bonchev–Trinajstić information content (AvgIpc) is 2.59. The van der Waals surface area contributed by atoms with Crippen LogP contribution in [0.2, 0.25) is 10.2 Å². The van der Waals surface area contributed by atoms with Gasteiger partial charge in [-0.05, 0) is 44.2 Å². The van der Waals surface area contributed by atoms with Gasteiger partial charge in [0.05, 0.1) is 16.3 Å². The molecule has 1 aromatic heterocycles. The summed E-state index contributed by atoms with van der Waals surface area (Å²) in [5.41, 5.74) is 3.33. The van der Waals surface area contributed by atoms with Crippen LogP contribution in [0.3, 0.4) is 0 Å². The van der Waals surface area contributed by atoms with Gasteiger partial charge < -0.3 is 4.90 Å². The smallest absolute Gasteiger partial charge is 0.140 e. The maximum absolute atomic E-state index is 8.64. The van der Waals surface area contributed by atoms with Gasteiger partial charge in [0, 0.05) is 18.2 Å². The summed E-state index contributed by atoms with van der Waals surface area (Å²) in [7, 11) is 0. The summed E-state index contributed by atoms with van der Waals surface area (Å²) in [4.78, 5) is 6.64. The number of halogens is 2. The number of nitrogens with one attached hydrogen (secondary N) is 1. The summed E-state index contributed by atoms with van der Waals surface area (Å²) < 4.78 is 0. The Morgan fingerprint density at radius 3 is 2.64 bits per heavy atom. The third-order valence-corrected chi connectivity index (χ3v) is 5.57. The number of nitrogens with zero attached hydrogens (tertiary/aromatic N) is 2. The van der Waals surface area contributed by atoms with Gasteiger partial charge in [-0.3, -0.25) is 5.41 Å². The first-order valence-corrected chi connectivity index (χ1v) is 9.41. The van der Waals surface area contributed by atoms with E-state index in [2.05, 4.69) is 23.7 Å². The third kappa shape index (κ3) is 3.68. The van der Waals surface area contributed by atoms with Crippen LogP contribution in [0.4, 0.5) is 0 Å². The molecule has 0 aliphatic carbocycles. The highest BCUT2D eigenvalue weighted by Crippen LogP contribution is 2.33. The molecule has 0 spiro atoms. The first-order chi connectivity index (χ1) is 11.9. The highest BCUT2D eigenvalue weighted by Gasteiger charge is 2.27. The number of benzene rings is 1.